The van der Waals surface area contributed by atoms with Crippen LogP contribution in [0.5, 0.6) is 0 Å². The van der Waals surface area contributed by atoms with E-state index in [1.165, 1.54) is 12.0 Å². The number of nitrogens with one attached hydrogen (secondary N) is 2. The van der Waals surface area contributed by atoms with Crippen LogP contribution in [0.3, 0.4) is 0 Å². The van der Waals surface area contributed by atoms with Crippen molar-refractivity contribution in [3.8, 4) is 11.1 Å². The molecule has 0 aliphatic carbocycles. The molecule has 8 bridgehead atoms. The minimum absolute atomic E-state index is 0.533. The lowest BCUT2D eigenvalue weighted by Crippen LogP contribution is -2.50. The average Bonchev–Trinajstić information content (AvgIpc) is 2.87. The van der Waals surface area contributed by atoms with Crippen molar-refractivity contribution in [2.24, 2.45) is 0 Å². The first-order valence-corrected chi connectivity index (χ1v) is 12.9. The quantitative estimate of drug-likeness (QED) is 0.520. The summed E-state index contributed by atoms with van der Waals surface area (Å²) < 4.78 is 0. The standard InChI is InChI=1S/C27H34N8/c1-2-21-16-24(3-1)32-26-17-22(4-8-29-26)23-18-30-27(31-19-23)35-10-6-25(35)5-7-28-9-11-33-12-14-34(20-21)15-13-33/h1-4,8,16-19,25,28H,5-7,9-15,20H2,(H,29,32). The maximum absolute atomic E-state index is 4.71. The van der Waals surface area contributed by atoms with Gasteiger partial charge in [-0.1, -0.05) is 12.1 Å². The minimum atomic E-state index is 0.533. The smallest absolute Gasteiger partial charge is 0.225 e. The van der Waals surface area contributed by atoms with Gasteiger partial charge in [-0.2, -0.15) is 0 Å². The molecular formula is C27H34N8. The second-order valence-electron chi connectivity index (χ2n) is 9.82. The van der Waals surface area contributed by atoms with Crippen LogP contribution in [-0.2, 0) is 6.54 Å². The molecule has 3 aromatic rings. The Labute approximate surface area is 207 Å². The zero-order valence-corrected chi connectivity index (χ0v) is 20.2. The molecule has 6 aliphatic heterocycles. The number of rotatable bonds is 0. The van der Waals surface area contributed by atoms with Crippen LogP contribution >= 0.6 is 0 Å². The van der Waals surface area contributed by atoms with Crippen LogP contribution in [0.25, 0.3) is 11.1 Å². The van der Waals surface area contributed by atoms with E-state index in [0.29, 0.717) is 6.04 Å². The van der Waals surface area contributed by atoms with Crippen molar-refractivity contribution in [3.63, 3.8) is 0 Å². The molecule has 1 atom stereocenters. The monoisotopic (exact) mass is 470 g/mol. The topological polar surface area (TPSA) is 72.4 Å². The second kappa shape index (κ2) is 10.3. The number of anilines is 3. The Balaban J connectivity index is 1.24. The lowest BCUT2D eigenvalue weighted by Gasteiger charge is -2.41. The Morgan fingerprint density at radius 1 is 0.771 bits per heavy atom. The third kappa shape index (κ3) is 5.29. The molecule has 182 valence electrons. The minimum Gasteiger partial charge on any atom is -0.340 e. The van der Waals surface area contributed by atoms with Gasteiger partial charge in [0.15, 0.2) is 0 Å². The van der Waals surface area contributed by atoms with Crippen LogP contribution in [-0.4, -0.2) is 83.2 Å². The Bertz CT molecular complexity index is 1130. The fourth-order valence-corrected chi connectivity index (χ4v) is 5.26. The van der Waals surface area contributed by atoms with Gasteiger partial charge in [-0.05, 0) is 54.8 Å². The number of hydrogen-bond acceptors (Lipinski definition) is 8. The predicted molar refractivity (Wildman–Crippen MR) is 140 cm³/mol. The van der Waals surface area contributed by atoms with Gasteiger partial charge in [0.2, 0.25) is 5.95 Å². The van der Waals surface area contributed by atoms with Gasteiger partial charge >= 0.3 is 0 Å². The van der Waals surface area contributed by atoms with Crippen LogP contribution in [0.4, 0.5) is 17.5 Å². The largest absolute Gasteiger partial charge is 0.340 e. The molecule has 1 aromatic carbocycles. The van der Waals surface area contributed by atoms with Gasteiger partial charge in [-0.25, -0.2) is 15.0 Å². The highest BCUT2D eigenvalue weighted by molar-refractivity contribution is 5.68. The zero-order valence-electron chi connectivity index (χ0n) is 20.2. The molecular weight excluding hydrogens is 436 g/mol. The number of pyridine rings is 1. The second-order valence-corrected chi connectivity index (χ2v) is 9.82. The number of hydrogen-bond donors (Lipinski definition) is 2. The van der Waals surface area contributed by atoms with Gasteiger partial charge < -0.3 is 15.5 Å². The third-order valence-electron chi connectivity index (χ3n) is 7.46. The van der Waals surface area contributed by atoms with Crippen LogP contribution < -0.4 is 15.5 Å². The van der Waals surface area contributed by atoms with Gasteiger partial charge in [0, 0.05) is 88.2 Å². The van der Waals surface area contributed by atoms with E-state index in [9.17, 15) is 0 Å². The SMILES string of the molecule is c1cc2cc(c1)Nc1cc(ccn1)-c1cnc(nc1)N1CCC1CCNCCN1CCN(CC1)C2. The molecule has 0 amide bonds. The molecule has 8 heterocycles. The van der Waals surface area contributed by atoms with Crippen molar-refractivity contribution in [1.82, 2.24) is 30.1 Å². The van der Waals surface area contributed by atoms with E-state index in [1.807, 2.05) is 24.7 Å². The number of benzene rings is 1. The van der Waals surface area contributed by atoms with Crippen molar-refractivity contribution in [1.29, 1.82) is 0 Å². The zero-order chi connectivity index (χ0) is 23.5. The summed E-state index contributed by atoms with van der Waals surface area (Å²) in [6, 6.07) is 13.3. The first kappa shape index (κ1) is 22.4. The van der Waals surface area contributed by atoms with Crippen LogP contribution in [0.2, 0.25) is 0 Å². The van der Waals surface area contributed by atoms with Gasteiger partial charge in [0.05, 0.1) is 0 Å². The Morgan fingerprint density at radius 3 is 2.46 bits per heavy atom. The van der Waals surface area contributed by atoms with Gasteiger partial charge in [0.1, 0.15) is 5.82 Å². The van der Waals surface area contributed by atoms with E-state index < -0.39 is 0 Å². The van der Waals surface area contributed by atoms with Crippen molar-refractivity contribution >= 4 is 17.5 Å². The van der Waals surface area contributed by atoms with Crippen molar-refractivity contribution < 1.29 is 0 Å². The Morgan fingerprint density at radius 2 is 1.63 bits per heavy atom. The molecule has 0 radical (unpaired) electrons. The lowest BCUT2D eigenvalue weighted by molar-refractivity contribution is 0.127. The van der Waals surface area contributed by atoms with E-state index in [1.54, 1.807) is 0 Å². The van der Waals surface area contributed by atoms with Gasteiger partial charge in [-0.15, -0.1) is 0 Å². The van der Waals surface area contributed by atoms with Crippen LogP contribution in [0, 0.1) is 0 Å². The fraction of sp³-hybridized carbons (Fsp3) is 0.444. The molecule has 8 nitrogen and oxygen atoms in total. The van der Waals surface area contributed by atoms with Crippen molar-refractivity contribution in [2.45, 2.75) is 25.4 Å². The summed E-state index contributed by atoms with van der Waals surface area (Å²) in [5.74, 6) is 1.66. The third-order valence-corrected chi connectivity index (χ3v) is 7.46. The molecule has 0 saturated carbocycles. The lowest BCUT2D eigenvalue weighted by atomic mass is 10.0. The molecule has 2 fully saturated rings. The van der Waals surface area contributed by atoms with Gasteiger partial charge in [-0.3, -0.25) is 9.80 Å². The van der Waals surface area contributed by atoms with Crippen LogP contribution in [0.1, 0.15) is 18.4 Å². The average molecular weight is 471 g/mol. The number of aromatic nitrogens is 3. The molecule has 2 N–H and O–H groups in total. The highest BCUT2D eigenvalue weighted by Crippen LogP contribution is 2.27. The molecule has 6 aliphatic rings. The van der Waals surface area contributed by atoms with Crippen LogP contribution in [0.15, 0.2) is 55.0 Å². The Kier molecular flexibility index (Phi) is 6.57. The van der Waals surface area contributed by atoms with Crippen molar-refractivity contribution in [3.05, 3.63) is 60.6 Å². The molecule has 2 saturated heterocycles. The summed E-state index contributed by atoms with van der Waals surface area (Å²) in [4.78, 5) is 21.4. The summed E-state index contributed by atoms with van der Waals surface area (Å²) in [6.45, 7) is 9.76. The van der Waals surface area contributed by atoms with Crippen molar-refractivity contribution in [2.75, 3.05) is 62.6 Å². The molecule has 9 rings (SSSR count). The molecule has 35 heavy (non-hydrogen) atoms. The Hall–Kier alpha value is -3.07. The fourth-order valence-electron chi connectivity index (χ4n) is 5.26. The van der Waals surface area contributed by atoms with E-state index in [-0.39, 0.29) is 0 Å². The number of nitrogens with zero attached hydrogens (tertiary/aromatic N) is 6. The summed E-state index contributed by atoms with van der Waals surface area (Å²) >= 11 is 0. The van der Waals surface area contributed by atoms with E-state index in [2.05, 4.69) is 60.6 Å². The molecule has 8 heteroatoms. The molecule has 0 spiro atoms. The maximum atomic E-state index is 4.71. The summed E-state index contributed by atoms with van der Waals surface area (Å²) in [5, 5.41) is 7.15. The van der Waals surface area contributed by atoms with Gasteiger partial charge in [0.25, 0.3) is 0 Å². The summed E-state index contributed by atoms with van der Waals surface area (Å²) in [7, 11) is 0. The maximum Gasteiger partial charge on any atom is 0.225 e. The first-order valence-electron chi connectivity index (χ1n) is 12.9. The first-order chi connectivity index (χ1) is 17.3. The predicted octanol–water partition coefficient (Wildman–Crippen LogP) is 2.97. The highest BCUT2D eigenvalue weighted by Gasteiger charge is 2.29. The van der Waals surface area contributed by atoms with E-state index in [0.717, 1.165) is 93.9 Å². The molecule has 2 aromatic heterocycles. The summed E-state index contributed by atoms with van der Waals surface area (Å²) in [5.41, 5.74) is 4.45. The van der Waals surface area contributed by atoms with E-state index in [4.69, 9.17) is 9.97 Å². The number of piperazine rings is 1. The summed E-state index contributed by atoms with van der Waals surface area (Å²) in [6.07, 6.45) is 8.06. The normalized spacial score (nSPS) is 24.8. The molecule has 1 unspecified atom stereocenters. The highest BCUT2D eigenvalue weighted by atomic mass is 15.3. The van der Waals surface area contributed by atoms with E-state index >= 15 is 0 Å².